The maximum atomic E-state index is 13.0. The van der Waals surface area contributed by atoms with Gasteiger partial charge in [-0.3, -0.25) is 14.2 Å². The number of aromatic nitrogens is 2. The average molecular weight is 415 g/mol. The molecule has 2 N–H and O–H groups in total. The van der Waals surface area contributed by atoms with Crippen molar-refractivity contribution in [3.05, 3.63) is 51.4 Å². The van der Waals surface area contributed by atoms with Crippen LogP contribution in [0.1, 0.15) is 36.5 Å². The average Bonchev–Trinajstić information content (AvgIpc) is 3.11. The number of carboxylic acid groups (broad SMARTS) is 1. The lowest BCUT2D eigenvalue weighted by Crippen LogP contribution is -2.31. The van der Waals surface area contributed by atoms with E-state index in [1.54, 1.807) is 24.3 Å². The first-order chi connectivity index (χ1) is 13.9. The molecule has 2 aromatic heterocycles. The highest BCUT2D eigenvalue weighted by Crippen LogP contribution is 2.22. The highest BCUT2D eigenvalue weighted by Gasteiger charge is 2.20. The van der Waals surface area contributed by atoms with Crippen LogP contribution in [0.2, 0.25) is 0 Å². The summed E-state index contributed by atoms with van der Waals surface area (Å²) in [5.41, 5.74) is -0.0375. The molecule has 0 aliphatic heterocycles. The molecule has 152 valence electrons. The molecule has 0 unspecified atom stereocenters. The quantitative estimate of drug-likeness (QED) is 0.585. The van der Waals surface area contributed by atoms with Gasteiger partial charge >= 0.3 is 5.97 Å². The number of rotatable bonds is 8. The molecule has 29 heavy (non-hydrogen) atoms. The fourth-order valence-corrected chi connectivity index (χ4v) is 3.87. The van der Waals surface area contributed by atoms with Crippen LogP contribution in [0.25, 0.3) is 10.2 Å². The lowest BCUT2D eigenvalue weighted by atomic mass is 10.2. The molecule has 2 heterocycles. The predicted octanol–water partition coefficient (Wildman–Crippen LogP) is 3.15. The standard InChI is InChI=1S/C20H21N3O5S/c1-3-5-15-22-18-17(14(11-29-18)20(26)27)19(25)23(15)10-16(24)21-12-6-8-13(9-7-12)28-4-2/h6-9,11H,3-5,10H2,1-2H3,(H,21,24)(H,26,27). The summed E-state index contributed by atoms with van der Waals surface area (Å²) in [5.74, 6) is -0.434. The van der Waals surface area contributed by atoms with E-state index in [1.807, 2.05) is 13.8 Å². The Morgan fingerprint density at radius 2 is 1.97 bits per heavy atom. The number of hydrogen-bond acceptors (Lipinski definition) is 6. The van der Waals surface area contributed by atoms with Gasteiger partial charge in [-0.25, -0.2) is 9.78 Å². The van der Waals surface area contributed by atoms with Gasteiger partial charge < -0.3 is 15.2 Å². The zero-order valence-electron chi connectivity index (χ0n) is 16.1. The second-order valence-electron chi connectivity index (χ2n) is 6.31. The van der Waals surface area contributed by atoms with Crippen molar-refractivity contribution in [2.75, 3.05) is 11.9 Å². The monoisotopic (exact) mass is 415 g/mol. The molecular formula is C20H21N3O5S. The van der Waals surface area contributed by atoms with E-state index in [2.05, 4.69) is 10.3 Å². The zero-order valence-corrected chi connectivity index (χ0v) is 16.9. The molecule has 0 saturated heterocycles. The van der Waals surface area contributed by atoms with Gasteiger partial charge in [0.25, 0.3) is 5.56 Å². The molecule has 1 amide bonds. The first kappa shape index (κ1) is 20.5. The lowest BCUT2D eigenvalue weighted by molar-refractivity contribution is -0.116. The van der Waals surface area contributed by atoms with Gasteiger partial charge in [0.15, 0.2) is 0 Å². The third kappa shape index (κ3) is 4.45. The number of carbonyl (C=O) groups excluding carboxylic acids is 1. The van der Waals surface area contributed by atoms with Crippen LogP contribution < -0.4 is 15.6 Å². The Morgan fingerprint density at radius 3 is 2.59 bits per heavy atom. The molecule has 8 nitrogen and oxygen atoms in total. The van der Waals surface area contributed by atoms with Crippen molar-refractivity contribution in [1.29, 1.82) is 0 Å². The van der Waals surface area contributed by atoms with Gasteiger partial charge in [0.05, 0.1) is 17.6 Å². The number of aromatic carboxylic acids is 1. The van der Waals surface area contributed by atoms with E-state index in [0.717, 1.165) is 17.8 Å². The molecule has 0 bridgehead atoms. The van der Waals surface area contributed by atoms with E-state index in [4.69, 9.17) is 4.74 Å². The number of benzene rings is 1. The van der Waals surface area contributed by atoms with Crippen molar-refractivity contribution >= 4 is 39.1 Å². The van der Waals surface area contributed by atoms with E-state index < -0.39 is 17.4 Å². The van der Waals surface area contributed by atoms with Gasteiger partial charge in [-0.2, -0.15) is 0 Å². The minimum atomic E-state index is -1.19. The van der Waals surface area contributed by atoms with Crippen LogP contribution in [0.5, 0.6) is 5.75 Å². The summed E-state index contributed by atoms with van der Waals surface area (Å²) in [5, 5.41) is 13.5. The van der Waals surface area contributed by atoms with Gasteiger partial charge in [0, 0.05) is 17.5 Å². The number of anilines is 1. The highest BCUT2D eigenvalue weighted by atomic mass is 32.1. The van der Waals surface area contributed by atoms with Crippen molar-refractivity contribution in [2.45, 2.75) is 33.2 Å². The van der Waals surface area contributed by atoms with Crippen molar-refractivity contribution in [3.8, 4) is 5.75 Å². The van der Waals surface area contributed by atoms with Crippen LogP contribution in [0, 0.1) is 0 Å². The second-order valence-corrected chi connectivity index (χ2v) is 7.17. The Balaban J connectivity index is 1.91. The second kappa shape index (κ2) is 8.87. The summed E-state index contributed by atoms with van der Waals surface area (Å²) in [6.07, 6.45) is 1.23. The summed E-state index contributed by atoms with van der Waals surface area (Å²) in [7, 11) is 0. The Kier molecular flexibility index (Phi) is 6.28. The molecular weight excluding hydrogens is 394 g/mol. The fourth-order valence-electron chi connectivity index (χ4n) is 2.95. The molecule has 0 spiro atoms. The number of nitrogens with zero attached hydrogens (tertiary/aromatic N) is 2. The third-order valence-corrected chi connectivity index (χ3v) is 5.10. The van der Waals surface area contributed by atoms with Crippen molar-refractivity contribution in [1.82, 2.24) is 9.55 Å². The molecule has 9 heteroatoms. The van der Waals surface area contributed by atoms with Gasteiger partial charge in [-0.1, -0.05) is 6.92 Å². The SMILES string of the molecule is CCCc1nc2scc(C(=O)O)c2c(=O)n1CC(=O)Nc1ccc(OCC)cc1. The number of nitrogens with one attached hydrogen (secondary N) is 1. The number of fused-ring (bicyclic) bond motifs is 1. The van der Waals surface area contributed by atoms with Crippen LogP contribution in [0.4, 0.5) is 5.69 Å². The maximum absolute atomic E-state index is 13.0. The minimum absolute atomic E-state index is 0.0382. The van der Waals surface area contributed by atoms with E-state index in [1.165, 1.54) is 9.95 Å². The van der Waals surface area contributed by atoms with Gasteiger partial charge in [0.1, 0.15) is 22.9 Å². The Morgan fingerprint density at radius 1 is 1.24 bits per heavy atom. The molecule has 1 aromatic carbocycles. The van der Waals surface area contributed by atoms with Crippen LogP contribution in [0.3, 0.4) is 0 Å². The summed E-state index contributed by atoms with van der Waals surface area (Å²) >= 11 is 1.11. The van der Waals surface area contributed by atoms with Crippen molar-refractivity contribution in [2.24, 2.45) is 0 Å². The summed E-state index contributed by atoms with van der Waals surface area (Å²) in [6.45, 7) is 4.12. The normalized spacial score (nSPS) is 10.8. The molecule has 3 rings (SSSR count). The fraction of sp³-hybridized carbons (Fsp3) is 0.300. The van der Waals surface area contributed by atoms with Gasteiger partial charge in [-0.15, -0.1) is 11.3 Å². The Hall–Kier alpha value is -3.20. The number of carboxylic acids is 1. The molecule has 0 saturated carbocycles. The van der Waals surface area contributed by atoms with Gasteiger partial charge in [-0.05, 0) is 37.6 Å². The Labute approximate surface area is 170 Å². The summed E-state index contributed by atoms with van der Waals surface area (Å²) in [4.78, 5) is 41.8. The van der Waals surface area contributed by atoms with Crippen molar-refractivity contribution in [3.63, 3.8) is 0 Å². The molecule has 0 atom stereocenters. The third-order valence-electron chi connectivity index (χ3n) is 4.23. The first-order valence-corrected chi connectivity index (χ1v) is 10.1. The topological polar surface area (TPSA) is 111 Å². The van der Waals surface area contributed by atoms with E-state index in [9.17, 15) is 19.5 Å². The first-order valence-electron chi connectivity index (χ1n) is 9.21. The number of hydrogen-bond donors (Lipinski definition) is 2. The van der Waals surface area contributed by atoms with E-state index >= 15 is 0 Å². The van der Waals surface area contributed by atoms with Crippen LogP contribution in [0.15, 0.2) is 34.4 Å². The number of amides is 1. The highest BCUT2D eigenvalue weighted by molar-refractivity contribution is 7.17. The van der Waals surface area contributed by atoms with Crippen LogP contribution in [-0.4, -0.2) is 33.1 Å². The molecule has 0 aliphatic rings. The largest absolute Gasteiger partial charge is 0.494 e. The molecule has 0 aliphatic carbocycles. The molecule has 3 aromatic rings. The minimum Gasteiger partial charge on any atom is -0.494 e. The van der Waals surface area contributed by atoms with E-state index in [-0.39, 0.29) is 17.5 Å². The number of aryl methyl sites for hydroxylation is 1. The van der Waals surface area contributed by atoms with Crippen LogP contribution >= 0.6 is 11.3 Å². The number of thiophene rings is 1. The zero-order chi connectivity index (χ0) is 21.0. The van der Waals surface area contributed by atoms with E-state index in [0.29, 0.717) is 35.1 Å². The molecule has 0 radical (unpaired) electrons. The van der Waals surface area contributed by atoms with Crippen molar-refractivity contribution < 1.29 is 19.4 Å². The predicted molar refractivity (Wildman–Crippen MR) is 111 cm³/mol. The number of carbonyl (C=O) groups is 2. The summed E-state index contributed by atoms with van der Waals surface area (Å²) < 4.78 is 6.63. The van der Waals surface area contributed by atoms with Gasteiger partial charge in [0.2, 0.25) is 5.91 Å². The smallest absolute Gasteiger partial charge is 0.337 e. The Bertz CT molecular complexity index is 1100. The number of ether oxygens (including phenoxy) is 1. The maximum Gasteiger partial charge on any atom is 0.337 e. The lowest BCUT2D eigenvalue weighted by Gasteiger charge is -2.12. The van der Waals surface area contributed by atoms with Crippen LogP contribution in [-0.2, 0) is 17.8 Å². The summed E-state index contributed by atoms with van der Waals surface area (Å²) in [6, 6.07) is 6.90. The molecule has 0 fully saturated rings.